The molecule has 1 aromatic carbocycles. The van der Waals surface area contributed by atoms with E-state index in [1.165, 1.54) is 22.8 Å². The molecule has 0 unspecified atom stereocenters. The van der Waals surface area contributed by atoms with Gasteiger partial charge in [0.2, 0.25) is 5.91 Å². The van der Waals surface area contributed by atoms with Crippen LogP contribution in [0.1, 0.15) is 6.92 Å². The molecule has 136 valence electrons. The lowest BCUT2D eigenvalue weighted by Gasteiger charge is -2.20. The average molecular weight is 358 g/mol. The molecule has 2 aromatic rings. The Balaban J connectivity index is 1.86. The number of rotatable bonds is 4. The summed E-state index contributed by atoms with van der Waals surface area (Å²) in [6, 6.07) is 7.98. The summed E-state index contributed by atoms with van der Waals surface area (Å²) in [6.07, 6.45) is 0.284. The van der Waals surface area contributed by atoms with Crippen molar-refractivity contribution in [3.63, 3.8) is 0 Å². The summed E-state index contributed by atoms with van der Waals surface area (Å²) in [5.74, 6) is -0.0552. The van der Waals surface area contributed by atoms with Gasteiger partial charge < -0.3 is 15.0 Å². The molecule has 1 aromatic heterocycles. The number of likely N-dealkylation sites (N-methyl/N-ethyl adjacent to an activating group) is 1. The lowest BCUT2D eigenvalue weighted by Crippen LogP contribution is -2.38. The summed E-state index contributed by atoms with van der Waals surface area (Å²) >= 11 is 0. The van der Waals surface area contributed by atoms with Crippen molar-refractivity contribution in [2.24, 2.45) is 0 Å². The first kappa shape index (κ1) is 17.7. The van der Waals surface area contributed by atoms with Gasteiger partial charge in [0.25, 0.3) is 0 Å². The molecule has 8 heteroatoms. The summed E-state index contributed by atoms with van der Waals surface area (Å²) < 4.78 is 19.8. The maximum atomic E-state index is 14.7. The Bertz CT molecular complexity index is 858. The van der Waals surface area contributed by atoms with Crippen LogP contribution in [-0.4, -0.2) is 48.8 Å². The Morgan fingerprint density at radius 3 is 2.81 bits per heavy atom. The number of carbonyl (C=O) groups excluding carboxylic acids is 2. The summed E-state index contributed by atoms with van der Waals surface area (Å²) in [7, 11) is 3.29. The van der Waals surface area contributed by atoms with Crippen molar-refractivity contribution in [1.82, 2.24) is 9.88 Å². The molecule has 7 nitrogen and oxygen atoms in total. The number of aromatic nitrogens is 1. The molecule has 1 aliphatic rings. The average Bonchev–Trinajstić information content (AvgIpc) is 3.02. The molecule has 0 radical (unpaired) electrons. The molecule has 1 atom stereocenters. The van der Waals surface area contributed by atoms with E-state index in [-0.39, 0.29) is 12.5 Å². The third kappa shape index (κ3) is 3.30. The van der Waals surface area contributed by atoms with Crippen LogP contribution in [0.3, 0.4) is 0 Å². The fraction of sp³-hybridized carbons (Fsp3) is 0.278. The fourth-order valence-corrected chi connectivity index (χ4v) is 2.70. The van der Waals surface area contributed by atoms with E-state index in [1.54, 1.807) is 44.6 Å². The van der Waals surface area contributed by atoms with Crippen molar-refractivity contribution in [1.29, 1.82) is 0 Å². The zero-order valence-corrected chi connectivity index (χ0v) is 14.7. The van der Waals surface area contributed by atoms with E-state index in [4.69, 9.17) is 4.74 Å². The van der Waals surface area contributed by atoms with Gasteiger partial charge in [-0.2, -0.15) is 0 Å². The zero-order valence-electron chi connectivity index (χ0n) is 14.7. The van der Waals surface area contributed by atoms with E-state index in [0.717, 1.165) is 0 Å². The summed E-state index contributed by atoms with van der Waals surface area (Å²) in [5, 5.41) is 2.91. The molecule has 1 fully saturated rings. The van der Waals surface area contributed by atoms with Gasteiger partial charge >= 0.3 is 6.09 Å². The third-order valence-electron chi connectivity index (χ3n) is 4.32. The van der Waals surface area contributed by atoms with Crippen molar-refractivity contribution in [2.75, 3.05) is 30.9 Å². The van der Waals surface area contributed by atoms with E-state index >= 15 is 0 Å². The van der Waals surface area contributed by atoms with Crippen molar-refractivity contribution < 1.29 is 18.7 Å². The molecular formula is C18H19FN4O3. The summed E-state index contributed by atoms with van der Waals surface area (Å²) in [5.41, 5.74) is 1.45. The molecule has 0 saturated carbocycles. The zero-order chi connectivity index (χ0) is 18.8. The minimum Gasteiger partial charge on any atom is -0.423 e. The van der Waals surface area contributed by atoms with Crippen LogP contribution < -0.4 is 10.2 Å². The second-order valence-corrected chi connectivity index (χ2v) is 5.92. The first-order valence-corrected chi connectivity index (χ1v) is 8.06. The van der Waals surface area contributed by atoms with E-state index in [2.05, 4.69) is 10.3 Å². The molecule has 26 heavy (non-hydrogen) atoms. The van der Waals surface area contributed by atoms with Crippen LogP contribution in [0, 0.1) is 5.82 Å². The van der Waals surface area contributed by atoms with Gasteiger partial charge in [-0.15, -0.1) is 0 Å². The second kappa shape index (κ2) is 6.99. The second-order valence-electron chi connectivity index (χ2n) is 5.92. The predicted octanol–water partition coefficient (Wildman–Crippen LogP) is 2.69. The van der Waals surface area contributed by atoms with Crippen LogP contribution in [-0.2, 0) is 9.53 Å². The molecule has 1 N–H and O–H groups in total. The SMILES string of the molecule is CNc1cc(-c2ccc(N3C[C@@H](N(C)C(C)=O)OC3=O)cc2F)ccn1. The number of hydrogen-bond donors (Lipinski definition) is 1. The Labute approximate surface area is 150 Å². The van der Waals surface area contributed by atoms with Crippen molar-refractivity contribution in [3.8, 4) is 11.1 Å². The number of cyclic esters (lactones) is 1. The number of halogens is 1. The number of nitrogens with zero attached hydrogens (tertiary/aromatic N) is 3. The Morgan fingerprint density at radius 2 is 2.15 bits per heavy atom. The Morgan fingerprint density at radius 1 is 1.38 bits per heavy atom. The van der Waals surface area contributed by atoms with Gasteiger partial charge in [0.1, 0.15) is 11.6 Å². The lowest BCUT2D eigenvalue weighted by atomic mass is 10.1. The molecule has 2 amide bonds. The van der Waals surface area contributed by atoms with Crippen LogP contribution >= 0.6 is 0 Å². The predicted molar refractivity (Wildman–Crippen MR) is 95.2 cm³/mol. The smallest absolute Gasteiger partial charge is 0.416 e. The molecule has 2 heterocycles. The highest BCUT2D eigenvalue weighted by molar-refractivity contribution is 5.90. The molecule has 1 saturated heterocycles. The number of hydrogen-bond acceptors (Lipinski definition) is 5. The van der Waals surface area contributed by atoms with Crippen LogP contribution in [0.15, 0.2) is 36.5 Å². The number of anilines is 2. The highest BCUT2D eigenvalue weighted by Crippen LogP contribution is 2.30. The minimum atomic E-state index is -0.693. The topological polar surface area (TPSA) is 74.8 Å². The number of pyridine rings is 1. The molecular weight excluding hydrogens is 339 g/mol. The van der Waals surface area contributed by atoms with Gasteiger partial charge in [-0.1, -0.05) is 0 Å². The summed E-state index contributed by atoms with van der Waals surface area (Å²) in [6.45, 7) is 1.53. The maximum Gasteiger partial charge on any atom is 0.416 e. The first-order chi connectivity index (χ1) is 12.4. The van der Waals surface area contributed by atoms with Gasteiger partial charge in [-0.25, -0.2) is 14.2 Å². The summed E-state index contributed by atoms with van der Waals surface area (Å²) in [4.78, 5) is 30.3. The van der Waals surface area contributed by atoms with Crippen molar-refractivity contribution >= 4 is 23.5 Å². The van der Waals surface area contributed by atoms with Gasteiger partial charge in [0.15, 0.2) is 6.23 Å². The van der Waals surface area contributed by atoms with E-state index in [0.29, 0.717) is 22.6 Å². The van der Waals surface area contributed by atoms with E-state index in [9.17, 15) is 14.0 Å². The van der Waals surface area contributed by atoms with Gasteiger partial charge in [-0.3, -0.25) is 9.69 Å². The van der Waals surface area contributed by atoms with Crippen LogP contribution in [0.4, 0.5) is 20.7 Å². The number of benzene rings is 1. The number of nitrogens with one attached hydrogen (secondary N) is 1. The van der Waals surface area contributed by atoms with E-state index in [1.807, 2.05) is 0 Å². The molecule has 3 rings (SSSR count). The maximum absolute atomic E-state index is 14.7. The number of amides is 2. The van der Waals surface area contributed by atoms with Crippen LogP contribution in [0.2, 0.25) is 0 Å². The highest BCUT2D eigenvalue weighted by atomic mass is 19.1. The van der Waals surface area contributed by atoms with Gasteiger partial charge in [-0.05, 0) is 35.9 Å². The molecule has 0 spiro atoms. The lowest BCUT2D eigenvalue weighted by molar-refractivity contribution is -0.134. The number of carbonyl (C=O) groups is 2. The Kier molecular flexibility index (Phi) is 4.75. The molecule has 1 aliphatic heterocycles. The third-order valence-corrected chi connectivity index (χ3v) is 4.32. The van der Waals surface area contributed by atoms with E-state index < -0.39 is 18.1 Å². The standard InChI is InChI=1S/C18H19FN4O3/c1-11(24)22(3)17-10-23(18(25)26-17)13-4-5-14(15(19)9-13)12-6-7-21-16(8-12)20-2/h4-9,17H,10H2,1-3H3,(H,20,21)/t17-/m0/s1. The first-order valence-electron chi connectivity index (χ1n) is 8.06. The Hall–Kier alpha value is -3.16. The van der Waals surface area contributed by atoms with Gasteiger partial charge in [0.05, 0.1) is 12.2 Å². The molecule has 0 bridgehead atoms. The minimum absolute atomic E-state index is 0.146. The highest BCUT2D eigenvalue weighted by Gasteiger charge is 2.36. The monoisotopic (exact) mass is 358 g/mol. The normalized spacial score (nSPS) is 16.4. The molecule has 0 aliphatic carbocycles. The number of ether oxygens (including phenoxy) is 1. The quantitative estimate of drug-likeness (QED) is 0.910. The van der Waals surface area contributed by atoms with Crippen LogP contribution in [0.25, 0.3) is 11.1 Å². The van der Waals surface area contributed by atoms with Crippen LogP contribution in [0.5, 0.6) is 0 Å². The van der Waals surface area contributed by atoms with Gasteiger partial charge in [0, 0.05) is 32.8 Å². The van der Waals surface area contributed by atoms with Crippen molar-refractivity contribution in [3.05, 3.63) is 42.3 Å². The van der Waals surface area contributed by atoms with Crippen molar-refractivity contribution in [2.45, 2.75) is 13.2 Å². The fourth-order valence-electron chi connectivity index (χ4n) is 2.70. The largest absolute Gasteiger partial charge is 0.423 e.